The lowest BCUT2D eigenvalue weighted by molar-refractivity contribution is -0.141. The minimum Gasteiger partial charge on any atom is -0.494 e. The second kappa shape index (κ2) is 9.23. The zero-order valence-electron chi connectivity index (χ0n) is 14.4. The second-order valence-corrected chi connectivity index (χ2v) is 5.76. The summed E-state index contributed by atoms with van der Waals surface area (Å²) in [5.74, 6) is -1.28. The highest BCUT2D eigenvalue weighted by Crippen LogP contribution is 2.23. The molecular formula is C20H20N2O4. The third-order valence-corrected chi connectivity index (χ3v) is 3.97. The summed E-state index contributed by atoms with van der Waals surface area (Å²) in [7, 11) is 1.49. The number of hydrogen-bond donors (Lipinski definition) is 2. The fourth-order valence-electron chi connectivity index (χ4n) is 2.54. The number of hydrogen-bond acceptors (Lipinski definition) is 4. The first-order chi connectivity index (χ1) is 12.5. The maximum Gasteiger partial charge on any atom is 0.304 e. The van der Waals surface area contributed by atoms with Crippen molar-refractivity contribution in [3.63, 3.8) is 0 Å². The Labute approximate surface area is 152 Å². The number of nitrogens with zero attached hydrogens (tertiary/aromatic N) is 1. The topological polar surface area (TPSA) is 99.4 Å². The second-order valence-electron chi connectivity index (χ2n) is 5.76. The number of benzene rings is 2. The fourth-order valence-corrected chi connectivity index (χ4v) is 2.54. The van der Waals surface area contributed by atoms with Crippen molar-refractivity contribution in [2.75, 3.05) is 13.7 Å². The fraction of sp³-hybridized carbons (Fsp3) is 0.250. The van der Waals surface area contributed by atoms with E-state index in [0.717, 1.165) is 11.1 Å². The normalized spacial score (nSPS) is 11.2. The first kappa shape index (κ1) is 19.0. The molecule has 0 saturated heterocycles. The van der Waals surface area contributed by atoms with E-state index in [1.807, 2.05) is 36.4 Å². The van der Waals surface area contributed by atoms with Crippen LogP contribution < -0.4 is 10.1 Å². The Morgan fingerprint density at radius 2 is 1.69 bits per heavy atom. The molecule has 2 N–H and O–H groups in total. The maximum absolute atomic E-state index is 11.7. The molecule has 134 valence electrons. The van der Waals surface area contributed by atoms with Gasteiger partial charge in [0, 0.05) is 7.05 Å². The largest absolute Gasteiger partial charge is 0.494 e. The van der Waals surface area contributed by atoms with E-state index in [-0.39, 0.29) is 18.9 Å². The van der Waals surface area contributed by atoms with Crippen LogP contribution in [-0.2, 0) is 9.59 Å². The summed E-state index contributed by atoms with van der Waals surface area (Å²) in [6, 6.07) is 16.8. The van der Waals surface area contributed by atoms with Gasteiger partial charge in [-0.3, -0.25) is 9.59 Å². The molecule has 6 nitrogen and oxygen atoms in total. The maximum atomic E-state index is 11.7. The highest BCUT2D eigenvalue weighted by atomic mass is 16.5. The number of ether oxygens (including phenoxy) is 1. The number of carboxylic acids is 1. The van der Waals surface area contributed by atoms with Crippen LogP contribution in [0.2, 0.25) is 0 Å². The van der Waals surface area contributed by atoms with E-state index in [2.05, 4.69) is 11.4 Å². The predicted molar refractivity (Wildman–Crippen MR) is 96.5 cm³/mol. The summed E-state index contributed by atoms with van der Waals surface area (Å²) in [4.78, 5) is 22.5. The molecule has 2 aromatic rings. The van der Waals surface area contributed by atoms with E-state index >= 15 is 0 Å². The van der Waals surface area contributed by atoms with Gasteiger partial charge in [-0.2, -0.15) is 5.26 Å². The first-order valence-corrected chi connectivity index (χ1v) is 8.20. The Morgan fingerprint density at radius 1 is 1.12 bits per heavy atom. The van der Waals surface area contributed by atoms with Crippen molar-refractivity contribution in [1.82, 2.24) is 5.32 Å². The van der Waals surface area contributed by atoms with Crippen LogP contribution in [0, 0.1) is 17.2 Å². The van der Waals surface area contributed by atoms with Gasteiger partial charge in [0.05, 0.1) is 30.6 Å². The van der Waals surface area contributed by atoms with E-state index in [1.54, 1.807) is 12.1 Å². The van der Waals surface area contributed by atoms with Crippen molar-refractivity contribution in [3.8, 4) is 22.9 Å². The SMILES string of the molecule is CNC(=O)C(CCOc1ccc(-c2ccc(C#N)cc2)cc1)CC(=O)O. The van der Waals surface area contributed by atoms with Crippen molar-refractivity contribution in [1.29, 1.82) is 5.26 Å². The Kier molecular flexibility index (Phi) is 6.75. The standard InChI is InChI=1S/C20H20N2O4/c1-22-20(25)17(12-19(23)24)10-11-26-18-8-6-16(7-9-18)15-4-2-14(13-21)3-5-15/h2-9,17H,10-12H2,1H3,(H,22,25)(H,23,24). The molecule has 0 aromatic heterocycles. The molecule has 6 heteroatoms. The van der Waals surface area contributed by atoms with E-state index in [1.165, 1.54) is 7.05 Å². The van der Waals surface area contributed by atoms with Crippen LogP contribution >= 0.6 is 0 Å². The molecule has 0 bridgehead atoms. The van der Waals surface area contributed by atoms with Crippen molar-refractivity contribution in [2.45, 2.75) is 12.8 Å². The number of amides is 1. The van der Waals surface area contributed by atoms with Crippen molar-refractivity contribution in [2.24, 2.45) is 5.92 Å². The number of aliphatic carboxylic acids is 1. The molecule has 0 aliphatic rings. The van der Waals surface area contributed by atoms with E-state index in [0.29, 0.717) is 17.7 Å². The molecule has 2 aromatic carbocycles. The van der Waals surface area contributed by atoms with Crippen LogP contribution in [0.15, 0.2) is 48.5 Å². The van der Waals surface area contributed by atoms with Gasteiger partial charge in [-0.15, -0.1) is 0 Å². The number of carbonyl (C=O) groups is 2. The Hall–Kier alpha value is -3.33. The highest BCUT2D eigenvalue weighted by Gasteiger charge is 2.20. The number of nitriles is 1. The summed E-state index contributed by atoms with van der Waals surface area (Å²) in [5, 5.41) is 20.2. The lowest BCUT2D eigenvalue weighted by Gasteiger charge is -2.14. The Balaban J connectivity index is 1.93. The van der Waals surface area contributed by atoms with Gasteiger partial charge in [0.25, 0.3) is 0 Å². The van der Waals surface area contributed by atoms with E-state index in [9.17, 15) is 9.59 Å². The smallest absolute Gasteiger partial charge is 0.304 e. The lowest BCUT2D eigenvalue weighted by Crippen LogP contribution is -2.30. The van der Waals surface area contributed by atoms with Gasteiger partial charge in [0.1, 0.15) is 5.75 Å². The number of nitrogens with one attached hydrogen (secondary N) is 1. The van der Waals surface area contributed by atoms with Crippen molar-refractivity contribution < 1.29 is 19.4 Å². The molecule has 0 fully saturated rings. The molecule has 0 spiro atoms. The zero-order valence-corrected chi connectivity index (χ0v) is 14.4. The van der Waals surface area contributed by atoms with Crippen LogP contribution in [0.1, 0.15) is 18.4 Å². The van der Waals surface area contributed by atoms with Gasteiger partial charge in [-0.25, -0.2) is 0 Å². The molecule has 26 heavy (non-hydrogen) atoms. The van der Waals surface area contributed by atoms with Gasteiger partial charge in [-0.1, -0.05) is 24.3 Å². The van der Waals surface area contributed by atoms with Crippen LogP contribution in [0.25, 0.3) is 11.1 Å². The number of carboxylic acid groups (broad SMARTS) is 1. The summed E-state index contributed by atoms with van der Waals surface area (Å²) < 4.78 is 5.62. The summed E-state index contributed by atoms with van der Waals surface area (Å²) in [6.07, 6.45) is 0.101. The molecule has 0 aliphatic carbocycles. The summed E-state index contributed by atoms with van der Waals surface area (Å²) in [5.41, 5.74) is 2.60. The van der Waals surface area contributed by atoms with Crippen LogP contribution in [0.4, 0.5) is 0 Å². The highest BCUT2D eigenvalue weighted by molar-refractivity contribution is 5.82. The van der Waals surface area contributed by atoms with Gasteiger partial charge in [0.2, 0.25) is 5.91 Å². The molecule has 0 saturated carbocycles. The lowest BCUT2D eigenvalue weighted by atomic mass is 10.0. The summed E-state index contributed by atoms with van der Waals surface area (Å²) >= 11 is 0. The Bertz CT molecular complexity index is 792. The molecule has 0 aliphatic heterocycles. The van der Waals surface area contributed by atoms with Gasteiger partial charge in [-0.05, 0) is 41.8 Å². The molecular weight excluding hydrogens is 332 g/mol. The summed E-state index contributed by atoms with van der Waals surface area (Å²) in [6.45, 7) is 0.252. The number of carbonyl (C=O) groups excluding carboxylic acids is 1. The van der Waals surface area contributed by atoms with Gasteiger partial charge >= 0.3 is 5.97 Å². The van der Waals surface area contributed by atoms with E-state index < -0.39 is 11.9 Å². The quantitative estimate of drug-likeness (QED) is 0.761. The molecule has 1 atom stereocenters. The molecule has 1 amide bonds. The third kappa shape index (κ3) is 5.35. The van der Waals surface area contributed by atoms with Crippen molar-refractivity contribution >= 4 is 11.9 Å². The molecule has 0 heterocycles. The monoisotopic (exact) mass is 352 g/mol. The minimum atomic E-state index is -1.01. The van der Waals surface area contributed by atoms with Gasteiger partial charge in [0.15, 0.2) is 0 Å². The van der Waals surface area contributed by atoms with Gasteiger partial charge < -0.3 is 15.2 Å². The Morgan fingerprint density at radius 3 is 2.19 bits per heavy atom. The third-order valence-electron chi connectivity index (χ3n) is 3.97. The molecule has 2 rings (SSSR count). The van der Waals surface area contributed by atoms with Crippen LogP contribution in [0.3, 0.4) is 0 Å². The van der Waals surface area contributed by atoms with E-state index in [4.69, 9.17) is 15.1 Å². The van der Waals surface area contributed by atoms with Crippen LogP contribution in [0.5, 0.6) is 5.75 Å². The van der Waals surface area contributed by atoms with Crippen LogP contribution in [-0.4, -0.2) is 30.6 Å². The van der Waals surface area contributed by atoms with Crippen molar-refractivity contribution in [3.05, 3.63) is 54.1 Å². The predicted octanol–water partition coefficient (Wildman–Crippen LogP) is 2.83. The average Bonchev–Trinajstić information content (AvgIpc) is 2.67. The molecule has 0 radical (unpaired) electrons. The minimum absolute atomic E-state index is 0.222. The number of rotatable bonds is 8. The molecule has 1 unspecified atom stereocenters. The zero-order chi connectivity index (χ0) is 18.9. The first-order valence-electron chi connectivity index (χ1n) is 8.20. The average molecular weight is 352 g/mol.